The first kappa shape index (κ1) is 9.45. The fourth-order valence-electron chi connectivity index (χ4n) is 0.899. The van der Waals surface area contributed by atoms with Crippen molar-refractivity contribution in [2.75, 3.05) is 5.73 Å². The average Bonchev–Trinajstić information content (AvgIpc) is 2.15. The molecular weight excluding hydrogens is 162 g/mol. The van der Waals surface area contributed by atoms with E-state index in [0.29, 0.717) is 5.82 Å². The maximum absolute atomic E-state index is 5.47. The summed E-state index contributed by atoms with van der Waals surface area (Å²) in [6.07, 6.45) is 5.29. The van der Waals surface area contributed by atoms with E-state index >= 15 is 0 Å². The highest BCUT2D eigenvalue weighted by molar-refractivity contribution is 5.65. The highest BCUT2D eigenvalue weighted by Crippen LogP contribution is 2.12. The van der Waals surface area contributed by atoms with Crippen molar-refractivity contribution in [3.05, 3.63) is 30.1 Å². The minimum absolute atomic E-state index is 0.538. The van der Waals surface area contributed by atoms with E-state index in [-0.39, 0.29) is 0 Å². The van der Waals surface area contributed by atoms with Gasteiger partial charge in [-0.15, -0.1) is 0 Å². The molecule has 1 aromatic rings. The summed E-state index contributed by atoms with van der Waals surface area (Å²) in [5.41, 5.74) is 7.58. The molecule has 3 nitrogen and oxygen atoms in total. The number of anilines is 1. The molecular formula is C10H13N3. The Bertz CT molecular complexity index is 323. The second-order valence-corrected chi connectivity index (χ2v) is 2.69. The molecule has 0 aliphatic carbocycles. The molecule has 1 aromatic heterocycles. The summed E-state index contributed by atoms with van der Waals surface area (Å²) in [6, 6.07) is 3.71. The Morgan fingerprint density at radius 2 is 2.31 bits per heavy atom. The second-order valence-electron chi connectivity index (χ2n) is 2.69. The third-order valence-electron chi connectivity index (χ3n) is 1.66. The maximum atomic E-state index is 5.47. The van der Waals surface area contributed by atoms with Crippen LogP contribution in [-0.2, 0) is 0 Å². The molecule has 0 saturated carbocycles. The van der Waals surface area contributed by atoms with Gasteiger partial charge in [-0.3, -0.25) is 4.99 Å². The lowest BCUT2D eigenvalue weighted by Gasteiger charge is -1.98. The number of nitrogens with zero attached hydrogens (tertiary/aromatic N) is 2. The molecule has 0 atom stereocenters. The predicted molar refractivity (Wildman–Crippen MR) is 56.5 cm³/mol. The van der Waals surface area contributed by atoms with Crippen molar-refractivity contribution >= 4 is 17.6 Å². The Morgan fingerprint density at radius 1 is 1.54 bits per heavy atom. The molecule has 0 aliphatic heterocycles. The number of rotatable bonds is 2. The van der Waals surface area contributed by atoms with Gasteiger partial charge in [-0.25, -0.2) is 4.98 Å². The average molecular weight is 175 g/mol. The lowest BCUT2D eigenvalue weighted by molar-refractivity contribution is 1.31. The number of pyridine rings is 1. The molecule has 0 radical (unpaired) electrons. The summed E-state index contributed by atoms with van der Waals surface area (Å²) in [6.45, 7) is 3.87. The lowest BCUT2D eigenvalue weighted by Crippen LogP contribution is -1.89. The van der Waals surface area contributed by atoms with E-state index in [4.69, 9.17) is 5.73 Å². The van der Waals surface area contributed by atoms with Gasteiger partial charge in [0.1, 0.15) is 5.82 Å². The second kappa shape index (κ2) is 4.40. The molecule has 0 spiro atoms. The van der Waals surface area contributed by atoms with Crippen LogP contribution in [-0.4, -0.2) is 11.2 Å². The van der Waals surface area contributed by atoms with Crippen molar-refractivity contribution in [1.29, 1.82) is 0 Å². The van der Waals surface area contributed by atoms with Crippen LogP contribution in [0.25, 0.3) is 5.57 Å². The van der Waals surface area contributed by atoms with Crippen molar-refractivity contribution in [3.63, 3.8) is 0 Å². The summed E-state index contributed by atoms with van der Waals surface area (Å²) in [4.78, 5) is 8.02. The molecule has 0 bridgehead atoms. The number of allylic oxidation sites excluding steroid dienone is 1. The van der Waals surface area contributed by atoms with Gasteiger partial charge in [0.05, 0.1) is 0 Å². The predicted octanol–water partition coefficient (Wildman–Crippen LogP) is 2.12. The number of hydrogen-bond acceptors (Lipinski definition) is 3. The van der Waals surface area contributed by atoms with E-state index in [1.54, 1.807) is 24.7 Å². The zero-order valence-corrected chi connectivity index (χ0v) is 7.86. The molecule has 0 saturated heterocycles. The van der Waals surface area contributed by atoms with Gasteiger partial charge in [-0.1, -0.05) is 0 Å². The summed E-state index contributed by atoms with van der Waals surface area (Å²) in [5, 5.41) is 0. The van der Waals surface area contributed by atoms with Crippen LogP contribution in [0.5, 0.6) is 0 Å². The van der Waals surface area contributed by atoms with Crippen molar-refractivity contribution in [3.8, 4) is 0 Å². The third kappa shape index (κ3) is 2.71. The minimum Gasteiger partial charge on any atom is -0.384 e. The van der Waals surface area contributed by atoms with Gasteiger partial charge in [-0.05, 0) is 37.1 Å². The molecule has 3 heteroatoms. The van der Waals surface area contributed by atoms with Gasteiger partial charge in [0.2, 0.25) is 0 Å². The first-order valence-electron chi connectivity index (χ1n) is 4.10. The van der Waals surface area contributed by atoms with Gasteiger partial charge in [0, 0.05) is 18.6 Å². The maximum Gasteiger partial charge on any atom is 0.123 e. The van der Waals surface area contributed by atoms with E-state index in [1.807, 2.05) is 19.9 Å². The van der Waals surface area contributed by atoms with Crippen LogP contribution in [0, 0.1) is 0 Å². The normalized spacial score (nSPS) is 12.3. The SMILES string of the molecule is CC=N/C=C(\C)c1ccc(N)nc1. The number of aromatic nitrogens is 1. The molecule has 13 heavy (non-hydrogen) atoms. The van der Waals surface area contributed by atoms with Crippen molar-refractivity contribution in [2.45, 2.75) is 13.8 Å². The quantitative estimate of drug-likeness (QED) is 0.700. The van der Waals surface area contributed by atoms with Crippen LogP contribution in [0.15, 0.2) is 29.5 Å². The van der Waals surface area contributed by atoms with Crippen LogP contribution >= 0.6 is 0 Å². The first-order valence-corrected chi connectivity index (χ1v) is 4.10. The fourth-order valence-corrected chi connectivity index (χ4v) is 0.899. The highest BCUT2D eigenvalue weighted by Gasteiger charge is 1.94. The van der Waals surface area contributed by atoms with Crippen molar-refractivity contribution in [1.82, 2.24) is 4.98 Å². The molecule has 1 rings (SSSR count). The largest absolute Gasteiger partial charge is 0.384 e. The van der Waals surface area contributed by atoms with E-state index in [9.17, 15) is 0 Å². The van der Waals surface area contributed by atoms with Crippen molar-refractivity contribution in [2.24, 2.45) is 4.99 Å². The molecule has 0 fully saturated rings. The minimum atomic E-state index is 0.538. The molecule has 0 aliphatic rings. The zero-order chi connectivity index (χ0) is 9.68. The Morgan fingerprint density at radius 3 is 2.85 bits per heavy atom. The topological polar surface area (TPSA) is 51.3 Å². The standard InChI is InChI=1S/C10H13N3/c1-3-12-6-8(2)9-4-5-10(11)13-7-9/h3-7H,1-2H3,(H2,11,13)/b8-6+,12-3?. The number of nitrogen functional groups attached to an aromatic ring is 1. The number of aliphatic imine (C=N–C) groups is 1. The molecule has 2 N–H and O–H groups in total. The number of nitrogens with two attached hydrogens (primary N) is 1. The highest BCUT2D eigenvalue weighted by atomic mass is 14.8. The molecule has 0 unspecified atom stereocenters. The summed E-state index contributed by atoms with van der Waals surface area (Å²) >= 11 is 0. The Balaban J connectivity index is 2.89. The van der Waals surface area contributed by atoms with Crippen LogP contribution in [0.2, 0.25) is 0 Å². The third-order valence-corrected chi connectivity index (χ3v) is 1.66. The van der Waals surface area contributed by atoms with Crippen LogP contribution in [0.3, 0.4) is 0 Å². The van der Waals surface area contributed by atoms with Crippen LogP contribution in [0.4, 0.5) is 5.82 Å². The van der Waals surface area contributed by atoms with Crippen LogP contribution in [0.1, 0.15) is 19.4 Å². The summed E-state index contributed by atoms with van der Waals surface area (Å²) in [5.74, 6) is 0.538. The van der Waals surface area contributed by atoms with E-state index < -0.39 is 0 Å². The summed E-state index contributed by atoms with van der Waals surface area (Å²) in [7, 11) is 0. The molecule has 1 heterocycles. The van der Waals surface area contributed by atoms with Gasteiger partial charge >= 0.3 is 0 Å². The van der Waals surface area contributed by atoms with E-state index in [1.165, 1.54) is 0 Å². The molecule has 68 valence electrons. The van der Waals surface area contributed by atoms with E-state index in [0.717, 1.165) is 11.1 Å². The summed E-state index contributed by atoms with van der Waals surface area (Å²) < 4.78 is 0. The lowest BCUT2D eigenvalue weighted by atomic mass is 10.1. The Labute approximate surface area is 78.0 Å². The van der Waals surface area contributed by atoms with Gasteiger partial charge in [0.15, 0.2) is 0 Å². The Hall–Kier alpha value is -1.64. The smallest absolute Gasteiger partial charge is 0.123 e. The Kier molecular flexibility index (Phi) is 3.20. The van der Waals surface area contributed by atoms with Gasteiger partial charge in [0.25, 0.3) is 0 Å². The molecule has 0 amide bonds. The van der Waals surface area contributed by atoms with E-state index in [2.05, 4.69) is 9.98 Å². The van der Waals surface area contributed by atoms with Crippen molar-refractivity contribution < 1.29 is 0 Å². The fraction of sp³-hybridized carbons (Fsp3) is 0.200. The monoisotopic (exact) mass is 175 g/mol. The molecule has 0 aromatic carbocycles. The van der Waals surface area contributed by atoms with Gasteiger partial charge in [-0.2, -0.15) is 0 Å². The first-order chi connectivity index (χ1) is 6.24. The van der Waals surface area contributed by atoms with Crippen LogP contribution < -0.4 is 5.73 Å². The zero-order valence-electron chi connectivity index (χ0n) is 7.86. The number of hydrogen-bond donors (Lipinski definition) is 1. The van der Waals surface area contributed by atoms with Gasteiger partial charge < -0.3 is 5.73 Å².